The fourth-order valence-corrected chi connectivity index (χ4v) is 3.26. The quantitative estimate of drug-likeness (QED) is 0.680. The van der Waals surface area contributed by atoms with E-state index < -0.39 is 0 Å². The third-order valence-electron chi connectivity index (χ3n) is 4.81. The number of fused-ring (bicyclic) bond motifs is 1. The summed E-state index contributed by atoms with van der Waals surface area (Å²) >= 11 is 0. The van der Waals surface area contributed by atoms with E-state index in [0.29, 0.717) is 30.8 Å². The molecule has 1 aliphatic rings. The Bertz CT molecular complexity index is 965. The number of carbonyl (C=O) groups is 1. The third-order valence-corrected chi connectivity index (χ3v) is 4.81. The minimum absolute atomic E-state index is 0.0515. The van der Waals surface area contributed by atoms with Gasteiger partial charge in [0.05, 0.1) is 13.0 Å². The second kappa shape index (κ2) is 7.18. The monoisotopic (exact) mass is 367 g/mol. The van der Waals surface area contributed by atoms with Gasteiger partial charge >= 0.3 is 0 Å². The predicted molar refractivity (Wildman–Crippen MR) is 99.5 cm³/mol. The van der Waals surface area contributed by atoms with Crippen molar-refractivity contribution in [3.63, 3.8) is 0 Å². The van der Waals surface area contributed by atoms with Crippen LogP contribution in [-0.2, 0) is 18.3 Å². The molecule has 9 nitrogen and oxygen atoms in total. The maximum atomic E-state index is 12.4. The van der Waals surface area contributed by atoms with E-state index in [-0.39, 0.29) is 11.8 Å². The van der Waals surface area contributed by atoms with E-state index in [1.54, 1.807) is 18.8 Å². The molecule has 1 amide bonds. The zero-order valence-corrected chi connectivity index (χ0v) is 15.3. The van der Waals surface area contributed by atoms with Crippen LogP contribution < -0.4 is 15.0 Å². The number of nitrogens with one attached hydrogen (secondary N) is 1. The Morgan fingerprint density at radius 1 is 1.30 bits per heavy atom. The first kappa shape index (κ1) is 17.2. The van der Waals surface area contributed by atoms with Crippen molar-refractivity contribution in [2.45, 2.75) is 6.42 Å². The van der Waals surface area contributed by atoms with Crippen molar-refractivity contribution < 1.29 is 9.53 Å². The first-order valence-electron chi connectivity index (χ1n) is 8.82. The van der Waals surface area contributed by atoms with E-state index in [1.165, 1.54) is 6.33 Å². The topological polar surface area (TPSA) is 98.1 Å². The maximum absolute atomic E-state index is 12.4. The van der Waals surface area contributed by atoms with Crippen molar-refractivity contribution >= 4 is 22.9 Å². The molecule has 0 unspecified atom stereocenters. The summed E-state index contributed by atoms with van der Waals surface area (Å²) in [5, 5.41) is 11.1. The third kappa shape index (κ3) is 3.27. The number of ether oxygens (including phenoxy) is 1. The van der Waals surface area contributed by atoms with Gasteiger partial charge in [-0.2, -0.15) is 0 Å². The van der Waals surface area contributed by atoms with Crippen molar-refractivity contribution in [3.8, 4) is 5.75 Å². The number of aromatic nitrogens is 5. The summed E-state index contributed by atoms with van der Waals surface area (Å²) in [6.07, 6.45) is 2.24. The number of aryl methyl sites for hydroxylation is 1. The smallest absolute Gasteiger partial charge is 0.226 e. The summed E-state index contributed by atoms with van der Waals surface area (Å²) in [5.74, 6) is 1.58. The Morgan fingerprint density at radius 3 is 2.93 bits per heavy atom. The lowest BCUT2D eigenvalue weighted by atomic mass is 9.99. The molecule has 1 N–H and O–H groups in total. The van der Waals surface area contributed by atoms with Crippen LogP contribution in [0.4, 0.5) is 5.82 Å². The molecule has 9 heteroatoms. The predicted octanol–water partition coefficient (Wildman–Crippen LogP) is 0.562. The van der Waals surface area contributed by atoms with Gasteiger partial charge in [-0.1, -0.05) is 23.4 Å². The van der Waals surface area contributed by atoms with Crippen LogP contribution in [0.5, 0.6) is 5.75 Å². The van der Waals surface area contributed by atoms with Crippen LogP contribution in [0.3, 0.4) is 0 Å². The molecule has 4 rings (SSSR count). The number of anilines is 1. The SMILES string of the molecule is COc1ccccc1CCNC(=O)C1CN(c2ncnc3c2nnn3C)C1. The molecule has 140 valence electrons. The Labute approximate surface area is 156 Å². The fraction of sp³-hybridized carbons (Fsp3) is 0.389. The van der Waals surface area contributed by atoms with E-state index in [0.717, 1.165) is 23.6 Å². The largest absolute Gasteiger partial charge is 0.496 e. The Kier molecular flexibility index (Phi) is 4.57. The van der Waals surface area contributed by atoms with Crippen LogP contribution >= 0.6 is 0 Å². The van der Waals surface area contributed by atoms with E-state index in [1.807, 2.05) is 29.2 Å². The average Bonchev–Trinajstić information content (AvgIpc) is 3.03. The first-order chi connectivity index (χ1) is 13.2. The van der Waals surface area contributed by atoms with Crippen molar-refractivity contribution in [1.29, 1.82) is 0 Å². The average molecular weight is 367 g/mol. The summed E-state index contributed by atoms with van der Waals surface area (Å²) in [6, 6.07) is 7.84. The lowest BCUT2D eigenvalue weighted by Crippen LogP contribution is -2.54. The molecular weight excluding hydrogens is 346 g/mol. The second-order valence-electron chi connectivity index (χ2n) is 6.54. The zero-order chi connectivity index (χ0) is 18.8. The summed E-state index contributed by atoms with van der Waals surface area (Å²) < 4.78 is 6.95. The molecule has 27 heavy (non-hydrogen) atoms. The summed E-state index contributed by atoms with van der Waals surface area (Å²) in [5.41, 5.74) is 2.43. The summed E-state index contributed by atoms with van der Waals surface area (Å²) in [7, 11) is 3.45. The molecular formula is C18H21N7O2. The number of hydrogen-bond donors (Lipinski definition) is 1. The van der Waals surface area contributed by atoms with Gasteiger partial charge in [0.15, 0.2) is 17.0 Å². The number of rotatable bonds is 6. The van der Waals surface area contributed by atoms with Crippen molar-refractivity contribution in [1.82, 2.24) is 30.3 Å². The molecule has 3 aromatic rings. The molecule has 1 fully saturated rings. The molecule has 0 saturated carbocycles. The van der Waals surface area contributed by atoms with Gasteiger partial charge in [0.25, 0.3) is 0 Å². The second-order valence-corrected chi connectivity index (χ2v) is 6.54. The molecule has 1 aromatic carbocycles. The Morgan fingerprint density at radius 2 is 2.11 bits per heavy atom. The number of para-hydroxylation sites is 1. The molecule has 0 spiro atoms. The lowest BCUT2D eigenvalue weighted by Gasteiger charge is -2.38. The number of nitrogens with zero attached hydrogens (tertiary/aromatic N) is 6. The van der Waals surface area contributed by atoms with Crippen molar-refractivity contribution in [2.75, 3.05) is 31.6 Å². The highest BCUT2D eigenvalue weighted by Crippen LogP contribution is 2.27. The van der Waals surface area contributed by atoms with Crippen molar-refractivity contribution in [3.05, 3.63) is 36.2 Å². The fourth-order valence-electron chi connectivity index (χ4n) is 3.26. The molecule has 0 bridgehead atoms. The molecule has 1 saturated heterocycles. The standard InChI is InChI=1S/C18H21N7O2/c1-24-16-15(22-23-24)17(21-11-20-16)25-9-13(10-25)18(26)19-8-7-12-5-3-4-6-14(12)27-2/h3-6,11,13H,7-10H2,1-2H3,(H,19,26). The van der Waals surface area contributed by atoms with Crippen molar-refractivity contribution in [2.24, 2.45) is 13.0 Å². The van der Waals surface area contributed by atoms with Gasteiger partial charge < -0.3 is 15.0 Å². The van der Waals surface area contributed by atoms with Crippen LogP contribution in [0.2, 0.25) is 0 Å². The van der Waals surface area contributed by atoms with Crippen LogP contribution in [0.15, 0.2) is 30.6 Å². The maximum Gasteiger partial charge on any atom is 0.226 e. The van der Waals surface area contributed by atoms with Gasteiger partial charge in [-0.25, -0.2) is 14.6 Å². The van der Waals surface area contributed by atoms with E-state index >= 15 is 0 Å². The summed E-state index contributed by atoms with van der Waals surface area (Å²) in [4.78, 5) is 22.9. The molecule has 0 radical (unpaired) electrons. The van der Waals surface area contributed by atoms with Gasteiger partial charge in [-0.05, 0) is 18.1 Å². The number of benzene rings is 1. The molecule has 1 aliphatic heterocycles. The summed E-state index contributed by atoms with van der Waals surface area (Å²) in [6.45, 7) is 1.81. The van der Waals surface area contributed by atoms with Crippen LogP contribution in [0.25, 0.3) is 11.2 Å². The normalized spacial score (nSPS) is 14.2. The minimum Gasteiger partial charge on any atom is -0.496 e. The molecule has 0 atom stereocenters. The highest BCUT2D eigenvalue weighted by Gasteiger charge is 2.34. The molecule has 3 heterocycles. The van der Waals surface area contributed by atoms with Gasteiger partial charge in [0.1, 0.15) is 12.1 Å². The van der Waals surface area contributed by atoms with E-state index in [4.69, 9.17) is 4.74 Å². The van der Waals surface area contributed by atoms with Gasteiger partial charge in [0, 0.05) is 26.7 Å². The van der Waals surface area contributed by atoms with Gasteiger partial charge in [0.2, 0.25) is 5.91 Å². The Balaban J connectivity index is 1.31. The zero-order valence-electron chi connectivity index (χ0n) is 15.3. The van der Waals surface area contributed by atoms with Crippen LogP contribution in [0, 0.1) is 5.92 Å². The number of hydrogen-bond acceptors (Lipinski definition) is 7. The Hall–Kier alpha value is -3.23. The van der Waals surface area contributed by atoms with Gasteiger partial charge in [-0.15, -0.1) is 5.10 Å². The van der Waals surface area contributed by atoms with E-state index in [9.17, 15) is 4.79 Å². The van der Waals surface area contributed by atoms with Crippen LogP contribution in [-0.4, -0.2) is 57.6 Å². The number of amides is 1. The van der Waals surface area contributed by atoms with Gasteiger partial charge in [-0.3, -0.25) is 4.79 Å². The minimum atomic E-state index is -0.0515. The molecule has 0 aliphatic carbocycles. The number of carbonyl (C=O) groups excluding carboxylic acids is 1. The highest BCUT2D eigenvalue weighted by atomic mass is 16.5. The first-order valence-corrected chi connectivity index (χ1v) is 8.82. The number of methoxy groups -OCH3 is 1. The molecule has 2 aromatic heterocycles. The van der Waals surface area contributed by atoms with Crippen LogP contribution in [0.1, 0.15) is 5.56 Å². The lowest BCUT2D eigenvalue weighted by molar-refractivity contribution is -0.125. The van der Waals surface area contributed by atoms with E-state index in [2.05, 4.69) is 25.6 Å². The highest BCUT2D eigenvalue weighted by molar-refractivity contribution is 5.86.